The van der Waals surface area contributed by atoms with Gasteiger partial charge >= 0.3 is 0 Å². The minimum Gasteiger partial charge on any atom is -0.355 e. The lowest BCUT2D eigenvalue weighted by Gasteiger charge is -2.27. The summed E-state index contributed by atoms with van der Waals surface area (Å²) in [7, 11) is 2.18. The molecular weight excluding hydrogens is 408 g/mol. The lowest BCUT2D eigenvalue weighted by molar-refractivity contribution is 0.0942. The van der Waals surface area contributed by atoms with E-state index in [1.165, 1.54) is 25.7 Å². The number of nitrogens with one attached hydrogen (secondary N) is 1. The summed E-state index contributed by atoms with van der Waals surface area (Å²) in [6.07, 6.45) is 6.11. The van der Waals surface area contributed by atoms with Crippen LogP contribution in [0.25, 0.3) is 10.9 Å². The van der Waals surface area contributed by atoms with Crippen LogP contribution in [0, 0.1) is 11.8 Å². The summed E-state index contributed by atoms with van der Waals surface area (Å²) in [6, 6.07) is 8.34. The summed E-state index contributed by atoms with van der Waals surface area (Å²) in [5.74, 6) is 2.20. The number of carbonyl (C=O) groups excluding carboxylic acids is 1. The second-order valence-corrected chi connectivity index (χ2v) is 9.88. The molecule has 5 nitrogen and oxygen atoms in total. The Morgan fingerprint density at radius 1 is 1.26 bits per heavy atom. The summed E-state index contributed by atoms with van der Waals surface area (Å²) < 4.78 is 0. The van der Waals surface area contributed by atoms with E-state index in [4.69, 9.17) is 16.6 Å². The van der Waals surface area contributed by atoms with Gasteiger partial charge in [0.2, 0.25) is 0 Å². The number of carbonyl (C=O) groups is 1. The first kappa shape index (κ1) is 22.3. The number of benzene rings is 1. The molecule has 2 aliphatic rings. The van der Waals surface area contributed by atoms with Crippen molar-refractivity contribution in [3.05, 3.63) is 34.9 Å². The van der Waals surface area contributed by atoms with Crippen LogP contribution in [0.5, 0.6) is 0 Å². The van der Waals surface area contributed by atoms with E-state index < -0.39 is 0 Å². The number of fused-ring (bicyclic) bond motifs is 1. The maximum Gasteiger partial charge on any atom is 0.253 e. The van der Waals surface area contributed by atoms with Crippen molar-refractivity contribution < 1.29 is 4.79 Å². The predicted octanol–water partition coefficient (Wildman–Crippen LogP) is 4.97. The normalized spacial score (nSPS) is 24.2. The van der Waals surface area contributed by atoms with Crippen LogP contribution in [0.4, 0.5) is 5.82 Å². The molecule has 1 amide bonds. The highest BCUT2D eigenvalue weighted by atomic mass is 35.5. The van der Waals surface area contributed by atoms with Gasteiger partial charge in [-0.2, -0.15) is 0 Å². The lowest BCUT2D eigenvalue weighted by atomic mass is 9.82. The molecule has 2 aromatic rings. The van der Waals surface area contributed by atoms with Gasteiger partial charge in [0.25, 0.3) is 5.91 Å². The van der Waals surface area contributed by atoms with E-state index in [0.717, 1.165) is 55.2 Å². The minimum atomic E-state index is -0.0887. The molecule has 1 aliphatic carbocycles. The summed E-state index contributed by atoms with van der Waals surface area (Å²) in [5.41, 5.74) is 1.37. The van der Waals surface area contributed by atoms with Crippen molar-refractivity contribution in [2.75, 3.05) is 38.1 Å². The quantitative estimate of drug-likeness (QED) is 0.685. The van der Waals surface area contributed by atoms with Crippen LogP contribution >= 0.6 is 11.6 Å². The number of pyridine rings is 1. The van der Waals surface area contributed by atoms with Crippen LogP contribution in [0.15, 0.2) is 24.3 Å². The van der Waals surface area contributed by atoms with E-state index >= 15 is 0 Å². The standard InChI is InChI=1S/C25H35ClN4O/c1-4-29(3)19-12-13-30(16-19)23-11-8-20-22(28-23)10-9-21(26)24(20)25(31)27-15-18-7-5-6-17(2)14-18/h8-11,17-19H,4-7,12-16H2,1-3H3,(H,27,31). The molecule has 1 N–H and O–H groups in total. The molecule has 168 valence electrons. The first-order chi connectivity index (χ1) is 15.0. The van der Waals surface area contributed by atoms with E-state index in [1.54, 1.807) is 6.07 Å². The molecular formula is C25H35ClN4O. The van der Waals surface area contributed by atoms with Gasteiger partial charge < -0.3 is 15.1 Å². The molecule has 3 unspecified atom stereocenters. The fourth-order valence-electron chi connectivity index (χ4n) is 5.21. The van der Waals surface area contributed by atoms with Crippen molar-refractivity contribution in [3.8, 4) is 0 Å². The number of halogens is 1. The van der Waals surface area contributed by atoms with Gasteiger partial charge in [0, 0.05) is 31.1 Å². The van der Waals surface area contributed by atoms with Gasteiger partial charge in [-0.05, 0) is 69.0 Å². The van der Waals surface area contributed by atoms with Gasteiger partial charge in [0.05, 0.1) is 16.1 Å². The number of nitrogens with zero attached hydrogens (tertiary/aromatic N) is 3. The highest BCUT2D eigenvalue weighted by Gasteiger charge is 2.26. The van der Waals surface area contributed by atoms with Crippen LogP contribution in [0.2, 0.25) is 5.02 Å². The van der Waals surface area contributed by atoms with Crippen LogP contribution in [-0.2, 0) is 0 Å². The van der Waals surface area contributed by atoms with Crippen LogP contribution in [0.3, 0.4) is 0 Å². The van der Waals surface area contributed by atoms with Crippen molar-refractivity contribution in [3.63, 3.8) is 0 Å². The summed E-state index contributed by atoms with van der Waals surface area (Å²) >= 11 is 6.48. The molecule has 0 bridgehead atoms. The zero-order valence-corrected chi connectivity index (χ0v) is 19.8. The van der Waals surface area contributed by atoms with Gasteiger partial charge in [-0.3, -0.25) is 4.79 Å². The molecule has 0 spiro atoms. The predicted molar refractivity (Wildman–Crippen MR) is 129 cm³/mol. The Bertz CT molecular complexity index is 933. The number of anilines is 1. The Balaban J connectivity index is 1.50. The van der Waals surface area contributed by atoms with Gasteiger partial charge in [-0.15, -0.1) is 0 Å². The largest absolute Gasteiger partial charge is 0.355 e. The molecule has 4 rings (SSSR count). The van der Waals surface area contributed by atoms with E-state index in [0.29, 0.717) is 22.5 Å². The minimum absolute atomic E-state index is 0.0887. The maximum absolute atomic E-state index is 13.1. The third kappa shape index (κ3) is 4.98. The van der Waals surface area contributed by atoms with Crippen molar-refractivity contribution in [1.82, 2.24) is 15.2 Å². The van der Waals surface area contributed by atoms with Crippen molar-refractivity contribution in [1.29, 1.82) is 0 Å². The highest BCUT2D eigenvalue weighted by Crippen LogP contribution is 2.30. The third-order valence-electron chi connectivity index (χ3n) is 7.24. The number of hydrogen-bond donors (Lipinski definition) is 1. The summed E-state index contributed by atoms with van der Waals surface area (Å²) in [5, 5.41) is 4.46. The molecule has 1 aliphatic heterocycles. The van der Waals surface area contributed by atoms with E-state index in [9.17, 15) is 4.79 Å². The van der Waals surface area contributed by atoms with E-state index in [-0.39, 0.29) is 5.91 Å². The fraction of sp³-hybridized carbons (Fsp3) is 0.600. The molecule has 1 saturated heterocycles. The first-order valence-corrected chi connectivity index (χ1v) is 12.2. The molecule has 0 radical (unpaired) electrons. The number of rotatable bonds is 6. The van der Waals surface area contributed by atoms with Gasteiger partial charge in [0.1, 0.15) is 5.82 Å². The monoisotopic (exact) mass is 442 g/mol. The zero-order chi connectivity index (χ0) is 22.0. The van der Waals surface area contributed by atoms with E-state index in [1.807, 2.05) is 18.2 Å². The van der Waals surface area contributed by atoms with Crippen LogP contribution < -0.4 is 10.2 Å². The van der Waals surface area contributed by atoms with Gasteiger partial charge in [0.15, 0.2) is 0 Å². The van der Waals surface area contributed by atoms with Gasteiger partial charge in [-0.25, -0.2) is 4.98 Å². The number of aromatic nitrogens is 1. The zero-order valence-electron chi connectivity index (χ0n) is 19.0. The summed E-state index contributed by atoms with van der Waals surface area (Å²) in [6.45, 7) is 8.28. The third-order valence-corrected chi connectivity index (χ3v) is 7.55. The van der Waals surface area contributed by atoms with Crippen molar-refractivity contribution >= 4 is 34.2 Å². The Kier molecular flexibility index (Phi) is 7.02. The number of likely N-dealkylation sites (N-methyl/N-ethyl adjacent to an activating group) is 1. The lowest BCUT2D eigenvalue weighted by Crippen LogP contribution is -2.34. The maximum atomic E-state index is 13.1. The SMILES string of the molecule is CCN(C)C1CCN(c2ccc3c(C(=O)NCC4CCCC(C)C4)c(Cl)ccc3n2)C1. The van der Waals surface area contributed by atoms with E-state index in [2.05, 4.69) is 36.0 Å². The molecule has 1 aromatic heterocycles. The molecule has 6 heteroatoms. The Morgan fingerprint density at radius 3 is 2.87 bits per heavy atom. The molecule has 3 atom stereocenters. The Labute approximate surface area is 191 Å². The van der Waals surface area contributed by atoms with Crippen LogP contribution in [-0.4, -0.2) is 55.1 Å². The van der Waals surface area contributed by atoms with Crippen molar-refractivity contribution in [2.24, 2.45) is 11.8 Å². The first-order valence-electron chi connectivity index (χ1n) is 11.8. The highest BCUT2D eigenvalue weighted by molar-refractivity contribution is 6.35. The summed E-state index contributed by atoms with van der Waals surface area (Å²) in [4.78, 5) is 22.7. The second kappa shape index (κ2) is 9.74. The van der Waals surface area contributed by atoms with Crippen LogP contribution in [0.1, 0.15) is 56.3 Å². The fourth-order valence-corrected chi connectivity index (χ4v) is 5.46. The number of amides is 1. The van der Waals surface area contributed by atoms with Gasteiger partial charge in [-0.1, -0.05) is 38.3 Å². The molecule has 2 heterocycles. The second-order valence-electron chi connectivity index (χ2n) is 9.47. The molecule has 1 saturated carbocycles. The average Bonchev–Trinajstić information content (AvgIpc) is 3.27. The topological polar surface area (TPSA) is 48.5 Å². The molecule has 31 heavy (non-hydrogen) atoms. The molecule has 2 fully saturated rings. The smallest absolute Gasteiger partial charge is 0.253 e. The Hall–Kier alpha value is -1.85. The average molecular weight is 443 g/mol. The number of hydrogen-bond acceptors (Lipinski definition) is 4. The Morgan fingerprint density at radius 2 is 2.10 bits per heavy atom. The van der Waals surface area contributed by atoms with Crippen molar-refractivity contribution in [2.45, 2.75) is 52.0 Å². The molecule has 1 aromatic carbocycles.